The minimum absolute atomic E-state index is 0.208. The first-order valence-corrected chi connectivity index (χ1v) is 16.8. The van der Waals surface area contributed by atoms with Gasteiger partial charge in [-0.25, -0.2) is 0 Å². The Morgan fingerprint density at radius 1 is 0.881 bits per heavy atom. The fourth-order valence-electron chi connectivity index (χ4n) is 6.82. The van der Waals surface area contributed by atoms with Gasteiger partial charge in [-0.05, 0) is 34.8 Å². The van der Waals surface area contributed by atoms with Crippen molar-refractivity contribution in [2.24, 2.45) is 11.3 Å². The molecule has 6 heteroatoms. The normalized spacial score (nSPS) is 27.3. The van der Waals surface area contributed by atoms with Gasteiger partial charge < -0.3 is 23.4 Å². The highest BCUT2D eigenvalue weighted by Gasteiger charge is 2.61. The maximum atomic E-state index is 13.2. The minimum Gasteiger partial charge on any atom is -0.407 e. The summed E-state index contributed by atoms with van der Waals surface area (Å²) in [6.07, 6.45) is 4.69. The average molecular weight is 585 g/mol. The van der Waals surface area contributed by atoms with Crippen LogP contribution in [0.4, 0.5) is 0 Å². The number of hydrogen-bond acceptors (Lipinski definition) is 5. The zero-order valence-electron chi connectivity index (χ0n) is 25.7. The van der Waals surface area contributed by atoms with Gasteiger partial charge in [0.05, 0.1) is 25.2 Å². The molecule has 4 atom stereocenters. The molecule has 0 amide bonds. The van der Waals surface area contributed by atoms with Crippen LogP contribution in [0.2, 0.25) is 5.04 Å². The van der Waals surface area contributed by atoms with E-state index in [0.29, 0.717) is 19.8 Å². The summed E-state index contributed by atoms with van der Waals surface area (Å²) in [5.41, 5.74) is -0.575. The summed E-state index contributed by atoms with van der Waals surface area (Å²) in [5.74, 6) is -1.36. The zero-order valence-corrected chi connectivity index (χ0v) is 26.7. The number of benzene rings is 3. The summed E-state index contributed by atoms with van der Waals surface area (Å²) < 4.78 is 26.6. The van der Waals surface area contributed by atoms with Crippen LogP contribution in [0.15, 0.2) is 103 Å². The molecule has 2 aliphatic rings. The lowest BCUT2D eigenvalue weighted by Crippen LogP contribution is -2.68. The minimum atomic E-state index is -2.89. The molecule has 0 radical (unpaired) electrons. The topological polar surface area (TPSA) is 54.0 Å². The number of carbonyl (C=O) groups is 1. The van der Waals surface area contributed by atoms with Gasteiger partial charge in [0.25, 0.3) is 8.32 Å². The molecule has 42 heavy (non-hydrogen) atoms. The molecule has 0 unspecified atom stereocenters. The molecule has 1 heterocycles. The first kappa shape index (κ1) is 30.6. The fraction of sp³-hybridized carbons (Fsp3) is 0.417. The Labute approximate surface area is 252 Å². The van der Waals surface area contributed by atoms with E-state index < -0.39 is 31.0 Å². The van der Waals surface area contributed by atoms with E-state index in [1.807, 2.05) is 50.3 Å². The maximum Gasteiger partial charge on any atom is 0.261 e. The van der Waals surface area contributed by atoms with Crippen LogP contribution in [-0.2, 0) is 30.0 Å². The fourth-order valence-corrected chi connectivity index (χ4v) is 11.5. The van der Waals surface area contributed by atoms with E-state index in [1.165, 1.54) is 10.4 Å². The molecule has 0 aromatic heterocycles. The van der Waals surface area contributed by atoms with Gasteiger partial charge in [-0.2, -0.15) is 0 Å². The van der Waals surface area contributed by atoms with Crippen molar-refractivity contribution in [3.8, 4) is 0 Å². The molecule has 0 N–H and O–H groups in total. The van der Waals surface area contributed by atoms with Crippen molar-refractivity contribution in [1.82, 2.24) is 0 Å². The van der Waals surface area contributed by atoms with Crippen LogP contribution in [0.3, 0.4) is 0 Å². The lowest BCUT2D eigenvalue weighted by atomic mass is 9.63. The Kier molecular flexibility index (Phi) is 8.49. The van der Waals surface area contributed by atoms with E-state index in [4.69, 9.17) is 18.6 Å². The smallest absolute Gasteiger partial charge is 0.261 e. The lowest BCUT2D eigenvalue weighted by Gasteiger charge is -2.51. The van der Waals surface area contributed by atoms with E-state index in [0.717, 1.165) is 11.8 Å². The van der Waals surface area contributed by atoms with Gasteiger partial charge in [0.15, 0.2) is 5.79 Å². The highest BCUT2D eigenvalue weighted by Crippen LogP contribution is 2.51. The molecule has 3 aromatic carbocycles. The van der Waals surface area contributed by atoms with Gasteiger partial charge in [0.1, 0.15) is 11.9 Å². The summed E-state index contributed by atoms with van der Waals surface area (Å²) in [6.45, 7) is 13.7. The Morgan fingerprint density at radius 3 is 1.90 bits per heavy atom. The quantitative estimate of drug-likeness (QED) is 0.174. The number of rotatable bonds is 9. The Morgan fingerprint density at radius 2 is 1.43 bits per heavy atom. The van der Waals surface area contributed by atoms with E-state index in [2.05, 4.69) is 94.4 Å². The monoisotopic (exact) mass is 584 g/mol. The molecule has 1 spiro atoms. The SMILES string of the molecule is CC1(C)OC[C@]2(C=C[C@@H](OCc3ccccc3)[C@](C)(CO[Si](c3ccccc3)(c3ccccc3)C(C)(C)C)[C@H]2C=O)O1. The van der Waals surface area contributed by atoms with Crippen LogP contribution >= 0.6 is 0 Å². The Balaban J connectivity index is 1.59. The van der Waals surface area contributed by atoms with Crippen molar-refractivity contribution >= 4 is 25.0 Å². The Bertz CT molecular complexity index is 1330. The first-order valence-electron chi connectivity index (χ1n) is 14.9. The number of ether oxygens (including phenoxy) is 3. The summed E-state index contributed by atoms with van der Waals surface area (Å²) in [7, 11) is -2.89. The molecular formula is C36H44O5Si. The molecule has 1 saturated heterocycles. The molecule has 0 bridgehead atoms. The summed E-state index contributed by atoms with van der Waals surface area (Å²) in [5, 5.41) is 2.18. The molecule has 222 valence electrons. The molecule has 0 saturated carbocycles. The molecule has 5 nitrogen and oxygen atoms in total. The lowest BCUT2D eigenvalue weighted by molar-refractivity contribution is -0.186. The van der Waals surface area contributed by atoms with Crippen LogP contribution in [0.1, 0.15) is 47.1 Å². The van der Waals surface area contributed by atoms with Crippen molar-refractivity contribution < 1.29 is 23.4 Å². The van der Waals surface area contributed by atoms with Crippen molar-refractivity contribution in [2.45, 2.75) is 70.7 Å². The summed E-state index contributed by atoms with van der Waals surface area (Å²) >= 11 is 0. The Hall–Kier alpha value is -2.87. The maximum absolute atomic E-state index is 13.2. The van der Waals surface area contributed by atoms with Crippen LogP contribution in [0, 0.1) is 11.3 Å². The van der Waals surface area contributed by atoms with Gasteiger partial charge >= 0.3 is 0 Å². The van der Waals surface area contributed by atoms with Crippen LogP contribution in [0.25, 0.3) is 0 Å². The first-order chi connectivity index (χ1) is 20.0. The van der Waals surface area contributed by atoms with Crippen molar-refractivity contribution in [2.75, 3.05) is 13.2 Å². The van der Waals surface area contributed by atoms with E-state index in [9.17, 15) is 4.79 Å². The molecule has 5 rings (SSSR count). The van der Waals surface area contributed by atoms with E-state index in [-0.39, 0.29) is 11.1 Å². The number of hydrogen-bond donors (Lipinski definition) is 0. The third-order valence-electron chi connectivity index (χ3n) is 8.95. The third kappa shape index (κ3) is 5.59. The van der Waals surface area contributed by atoms with E-state index >= 15 is 0 Å². The van der Waals surface area contributed by atoms with Crippen LogP contribution in [0.5, 0.6) is 0 Å². The predicted octanol–water partition coefficient (Wildman–Crippen LogP) is 6.06. The number of carbonyl (C=O) groups excluding carboxylic acids is 1. The third-order valence-corrected chi connectivity index (χ3v) is 13.9. The average Bonchev–Trinajstić information content (AvgIpc) is 3.28. The molecule has 1 fully saturated rings. The highest BCUT2D eigenvalue weighted by atomic mass is 28.4. The van der Waals surface area contributed by atoms with Gasteiger partial charge in [0.2, 0.25) is 0 Å². The second-order valence-corrected chi connectivity index (χ2v) is 17.7. The number of aldehydes is 1. The highest BCUT2D eigenvalue weighted by molar-refractivity contribution is 6.99. The van der Waals surface area contributed by atoms with Crippen LogP contribution < -0.4 is 10.4 Å². The summed E-state index contributed by atoms with van der Waals surface area (Å²) in [4.78, 5) is 13.2. The van der Waals surface area contributed by atoms with Gasteiger partial charge in [-0.15, -0.1) is 0 Å². The second kappa shape index (κ2) is 11.7. The molecule has 3 aromatic rings. The van der Waals surface area contributed by atoms with Gasteiger partial charge in [-0.3, -0.25) is 0 Å². The van der Waals surface area contributed by atoms with E-state index in [1.54, 1.807) is 0 Å². The van der Waals surface area contributed by atoms with Gasteiger partial charge in [-0.1, -0.05) is 131 Å². The zero-order chi connectivity index (χ0) is 30.1. The molecule has 1 aliphatic carbocycles. The van der Waals surface area contributed by atoms with Gasteiger partial charge in [0, 0.05) is 12.0 Å². The van der Waals surface area contributed by atoms with Crippen LogP contribution in [-0.4, -0.2) is 45.3 Å². The van der Waals surface area contributed by atoms with Crippen molar-refractivity contribution in [3.05, 3.63) is 109 Å². The van der Waals surface area contributed by atoms with Crippen molar-refractivity contribution in [1.29, 1.82) is 0 Å². The van der Waals surface area contributed by atoms with Crippen molar-refractivity contribution in [3.63, 3.8) is 0 Å². The molecular weight excluding hydrogens is 540 g/mol. The second-order valence-electron chi connectivity index (χ2n) is 13.4. The standard InChI is InChI=1S/C36H44O5Si/c1-33(2,3)42(29-18-12-8-13-19-29,30-20-14-9-15-21-30)40-26-35(6)31(24-37)36(27-39-34(4,5)41-36)23-22-32(35)38-25-28-16-10-7-11-17-28/h7-24,31-32H,25-27H2,1-6H3/t31-,32-,35-,36+/m1/s1. The molecule has 1 aliphatic heterocycles. The largest absolute Gasteiger partial charge is 0.407 e. The predicted molar refractivity (Wildman–Crippen MR) is 169 cm³/mol. The summed E-state index contributed by atoms with van der Waals surface area (Å²) in [6, 6.07) is 31.3.